The van der Waals surface area contributed by atoms with Crippen LogP contribution in [0.3, 0.4) is 0 Å². The van der Waals surface area contributed by atoms with E-state index < -0.39 is 0 Å². The predicted molar refractivity (Wildman–Crippen MR) is 93.2 cm³/mol. The lowest BCUT2D eigenvalue weighted by molar-refractivity contribution is -0.118. The largest absolute Gasteiger partial charge is 0.484 e. The highest BCUT2D eigenvalue weighted by molar-refractivity contribution is 5.90. The lowest BCUT2D eigenvalue weighted by Crippen LogP contribution is -2.35. The summed E-state index contributed by atoms with van der Waals surface area (Å²) in [7, 11) is 0. The first-order chi connectivity index (χ1) is 11.7. The Morgan fingerprint density at radius 1 is 1.25 bits per heavy atom. The number of aromatic nitrogens is 2. The zero-order chi connectivity index (χ0) is 16.8. The average Bonchev–Trinajstić information content (AvgIpc) is 2.61. The number of anilines is 2. The molecule has 2 heterocycles. The van der Waals surface area contributed by atoms with Gasteiger partial charge in [0.25, 0.3) is 5.91 Å². The molecule has 2 aromatic rings. The number of nitrogens with zero attached hydrogens (tertiary/aromatic N) is 3. The zero-order valence-corrected chi connectivity index (χ0v) is 13.8. The van der Waals surface area contributed by atoms with E-state index in [4.69, 9.17) is 4.74 Å². The molecule has 1 aliphatic rings. The van der Waals surface area contributed by atoms with E-state index in [1.54, 1.807) is 6.07 Å². The smallest absolute Gasteiger partial charge is 0.263 e. The van der Waals surface area contributed by atoms with Gasteiger partial charge in [-0.25, -0.2) is 0 Å². The molecular weight excluding hydrogens is 304 g/mol. The van der Waals surface area contributed by atoms with E-state index in [0.717, 1.165) is 18.9 Å². The van der Waals surface area contributed by atoms with Crippen molar-refractivity contribution in [3.63, 3.8) is 0 Å². The molecule has 0 spiro atoms. The van der Waals surface area contributed by atoms with Gasteiger partial charge in [0.1, 0.15) is 5.75 Å². The summed E-state index contributed by atoms with van der Waals surface area (Å²) in [6.45, 7) is 4.21. The van der Waals surface area contributed by atoms with Gasteiger partial charge in [0.2, 0.25) is 0 Å². The van der Waals surface area contributed by atoms with Crippen molar-refractivity contribution in [1.82, 2.24) is 10.2 Å². The number of carbonyl (C=O) groups is 1. The quantitative estimate of drug-likeness (QED) is 0.915. The molecule has 1 aromatic carbocycles. The summed E-state index contributed by atoms with van der Waals surface area (Å²) < 4.78 is 5.40. The van der Waals surface area contributed by atoms with E-state index in [2.05, 4.69) is 27.3 Å². The number of para-hydroxylation sites is 1. The van der Waals surface area contributed by atoms with Gasteiger partial charge in [-0.15, -0.1) is 10.2 Å². The van der Waals surface area contributed by atoms with E-state index >= 15 is 0 Å². The first kappa shape index (κ1) is 16.2. The van der Waals surface area contributed by atoms with Crippen molar-refractivity contribution in [2.24, 2.45) is 5.92 Å². The summed E-state index contributed by atoms with van der Waals surface area (Å²) in [6.07, 6.45) is 2.44. The van der Waals surface area contributed by atoms with Crippen LogP contribution in [0.1, 0.15) is 19.8 Å². The Kier molecular flexibility index (Phi) is 5.25. The second-order valence-corrected chi connectivity index (χ2v) is 6.12. The molecule has 126 valence electrons. The number of piperidine rings is 1. The Bertz CT molecular complexity index is 660. The number of hydrogen-bond acceptors (Lipinski definition) is 5. The van der Waals surface area contributed by atoms with Crippen molar-refractivity contribution in [3.05, 3.63) is 42.5 Å². The summed E-state index contributed by atoms with van der Waals surface area (Å²) in [6, 6.07) is 12.9. The fraction of sp³-hybridized carbons (Fsp3) is 0.389. The average molecular weight is 326 g/mol. The first-order valence-corrected chi connectivity index (χ1v) is 8.27. The molecule has 0 bridgehead atoms. The fourth-order valence-electron chi connectivity index (χ4n) is 2.80. The van der Waals surface area contributed by atoms with Gasteiger partial charge >= 0.3 is 0 Å². The van der Waals surface area contributed by atoms with Gasteiger partial charge in [0.15, 0.2) is 18.2 Å². The number of nitrogens with one attached hydrogen (secondary N) is 1. The van der Waals surface area contributed by atoms with E-state index in [0.29, 0.717) is 17.5 Å². The second-order valence-electron chi connectivity index (χ2n) is 6.12. The summed E-state index contributed by atoms with van der Waals surface area (Å²) in [5.74, 6) is 2.38. The number of ether oxygens (including phenoxy) is 1. The lowest BCUT2D eigenvalue weighted by Gasteiger charge is -2.31. The van der Waals surface area contributed by atoms with Crippen molar-refractivity contribution in [3.8, 4) is 5.75 Å². The second kappa shape index (κ2) is 7.77. The first-order valence-electron chi connectivity index (χ1n) is 8.27. The van der Waals surface area contributed by atoms with Crippen LogP contribution in [0.15, 0.2) is 42.5 Å². The molecule has 1 amide bonds. The van der Waals surface area contributed by atoms with Crippen LogP contribution in [-0.4, -0.2) is 35.8 Å². The molecule has 3 rings (SSSR count). The molecule has 1 aliphatic heterocycles. The van der Waals surface area contributed by atoms with Crippen molar-refractivity contribution in [1.29, 1.82) is 0 Å². The minimum absolute atomic E-state index is 0.0584. The Labute approximate surface area is 141 Å². The number of hydrogen-bond donors (Lipinski definition) is 1. The van der Waals surface area contributed by atoms with E-state index in [1.165, 1.54) is 12.8 Å². The predicted octanol–water partition coefficient (Wildman–Crippen LogP) is 2.73. The maximum atomic E-state index is 11.9. The number of rotatable bonds is 5. The minimum Gasteiger partial charge on any atom is -0.484 e. The number of amides is 1. The third-order valence-corrected chi connectivity index (χ3v) is 4.01. The summed E-state index contributed by atoms with van der Waals surface area (Å²) in [5, 5.41) is 11.0. The van der Waals surface area contributed by atoms with E-state index in [-0.39, 0.29) is 12.5 Å². The fourth-order valence-corrected chi connectivity index (χ4v) is 2.80. The van der Waals surface area contributed by atoms with Crippen LogP contribution < -0.4 is 15.0 Å². The van der Waals surface area contributed by atoms with Gasteiger partial charge in [-0.2, -0.15) is 0 Å². The topological polar surface area (TPSA) is 67.4 Å². The number of benzene rings is 1. The minimum atomic E-state index is -0.257. The standard InChI is InChI=1S/C18H22N4O2/c1-14-6-5-11-22(12-14)17-10-9-16(20-21-17)19-18(23)13-24-15-7-3-2-4-8-15/h2-4,7-10,14H,5-6,11-13H2,1H3,(H,19,20,23). The molecule has 1 atom stereocenters. The van der Waals surface area contributed by atoms with Gasteiger partial charge in [0.05, 0.1) is 0 Å². The maximum absolute atomic E-state index is 11.9. The van der Waals surface area contributed by atoms with Gasteiger partial charge in [-0.1, -0.05) is 25.1 Å². The van der Waals surface area contributed by atoms with Crippen molar-refractivity contribution < 1.29 is 9.53 Å². The molecule has 6 nitrogen and oxygen atoms in total. The van der Waals surface area contributed by atoms with Gasteiger partial charge in [-0.3, -0.25) is 4.79 Å². The highest BCUT2D eigenvalue weighted by atomic mass is 16.5. The monoisotopic (exact) mass is 326 g/mol. The normalized spacial score (nSPS) is 17.4. The van der Waals surface area contributed by atoms with Crippen molar-refractivity contribution in [2.75, 3.05) is 29.9 Å². The van der Waals surface area contributed by atoms with Crippen LogP contribution in [0.25, 0.3) is 0 Å². The summed E-state index contributed by atoms with van der Waals surface area (Å²) >= 11 is 0. The van der Waals surface area contributed by atoms with Gasteiger partial charge in [0, 0.05) is 13.1 Å². The van der Waals surface area contributed by atoms with Crippen molar-refractivity contribution in [2.45, 2.75) is 19.8 Å². The Morgan fingerprint density at radius 2 is 2.08 bits per heavy atom. The van der Waals surface area contributed by atoms with Crippen LogP contribution >= 0.6 is 0 Å². The molecule has 0 aliphatic carbocycles. The Hall–Kier alpha value is -2.63. The number of carbonyl (C=O) groups excluding carboxylic acids is 1. The maximum Gasteiger partial charge on any atom is 0.263 e. The molecule has 1 saturated heterocycles. The van der Waals surface area contributed by atoms with Crippen LogP contribution in [0.2, 0.25) is 0 Å². The van der Waals surface area contributed by atoms with Crippen LogP contribution in [-0.2, 0) is 4.79 Å². The molecule has 1 N–H and O–H groups in total. The van der Waals surface area contributed by atoms with Crippen LogP contribution in [0.4, 0.5) is 11.6 Å². The van der Waals surface area contributed by atoms with E-state index in [1.807, 2.05) is 36.4 Å². The highest BCUT2D eigenvalue weighted by Gasteiger charge is 2.17. The van der Waals surface area contributed by atoms with Crippen LogP contribution in [0, 0.1) is 5.92 Å². The lowest BCUT2D eigenvalue weighted by atomic mass is 10.0. The third-order valence-electron chi connectivity index (χ3n) is 4.01. The molecule has 1 aromatic heterocycles. The SMILES string of the molecule is CC1CCCN(c2ccc(NC(=O)COc3ccccc3)nn2)C1. The molecule has 0 radical (unpaired) electrons. The van der Waals surface area contributed by atoms with Gasteiger partial charge in [-0.05, 0) is 43.0 Å². The molecule has 6 heteroatoms. The Morgan fingerprint density at radius 3 is 2.79 bits per heavy atom. The third kappa shape index (κ3) is 4.44. The van der Waals surface area contributed by atoms with Gasteiger partial charge < -0.3 is 15.0 Å². The molecule has 1 unspecified atom stereocenters. The highest BCUT2D eigenvalue weighted by Crippen LogP contribution is 2.21. The van der Waals surface area contributed by atoms with Crippen molar-refractivity contribution >= 4 is 17.5 Å². The molecule has 0 saturated carbocycles. The molecule has 1 fully saturated rings. The molecule has 24 heavy (non-hydrogen) atoms. The summed E-state index contributed by atoms with van der Waals surface area (Å²) in [5.41, 5.74) is 0. The Balaban J connectivity index is 1.51. The van der Waals surface area contributed by atoms with Crippen LogP contribution in [0.5, 0.6) is 5.75 Å². The molecular formula is C18H22N4O2. The van der Waals surface area contributed by atoms with E-state index in [9.17, 15) is 4.79 Å². The summed E-state index contributed by atoms with van der Waals surface area (Å²) in [4.78, 5) is 14.1. The zero-order valence-electron chi connectivity index (χ0n) is 13.8.